The summed E-state index contributed by atoms with van der Waals surface area (Å²) in [6, 6.07) is -0.306. The van der Waals surface area contributed by atoms with Crippen molar-refractivity contribution in [3.8, 4) is 0 Å². The molecule has 120 valence electrons. The summed E-state index contributed by atoms with van der Waals surface area (Å²) in [6.07, 6.45) is 4.35. The fraction of sp³-hybridized carbons (Fsp3) is 0.867. The van der Waals surface area contributed by atoms with Gasteiger partial charge in [-0.25, -0.2) is 4.79 Å². The van der Waals surface area contributed by atoms with Gasteiger partial charge >= 0.3 is 12.0 Å². The molecule has 21 heavy (non-hydrogen) atoms. The van der Waals surface area contributed by atoms with Crippen LogP contribution in [-0.2, 0) is 4.79 Å². The summed E-state index contributed by atoms with van der Waals surface area (Å²) in [4.78, 5) is 25.5. The van der Waals surface area contributed by atoms with Crippen LogP contribution < -0.4 is 5.32 Å². The Morgan fingerprint density at radius 2 is 1.95 bits per heavy atom. The lowest BCUT2D eigenvalue weighted by atomic mass is 9.84. The second-order valence-electron chi connectivity index (χ2n) is 6.63. The van der Waals surface area contributed by atoms with Gasteiger partial charge in [0.05, 0.1) is 5.92 Å². The summed E-state index contributed by atoms with van der Waals surface area (Å²) in [5, 5.41) is 12.2. The molecule has 2 aliphatic rings. The summed E-state index contributed by atoms with van der Waals surface area (Å²) < 4.78 is 0.212. The van der Waals surface area contributed by atoms with Crippen molar-refractivity contribution >= 4 is 23.8 Å². The van der Waals surface area contributed by atoms with Crippen molar-refractivity contribution < 1.29 is 14.7 Å². The van der Waals surface area contributed by atoms with Crippen molar-refractivity contribution in [3.05, 3.63) is 0 Å². The number of nitrogens with one attached hydrogen (secondary N) is 1. The highest BCUT2D eigenvalue weighted by atomic mass is 32.2. The van der Waals surface area contributed by atoms with Gasteiger partial charge in [-0.05, 0) is 19.3 Å². The van der Waals surface area contributed by atoms with Crippen LogP contribution in [0.25, 0.3) is 0 Å². The number of urea groups is 1. The molecule has 1 aliphatic heterocycles. The number of amides is 2. The van der Waals surface area contributed by atoms with Gasteiger partial charge < -0.3 is 15.3 Å². The third-order valence-corrected chi connectivity index (χ3v) is 5.89. The Balaban J connectivity index is 1.92. The Morgan fingerprint density at radius 1 is 1.24 bits per heavy atom. The predicted octanol–water partition coefficient (Wildman–Crippen LogP) is 2.56. The molecular formula is C15H26N2O3S. The van der Waals surface area contributed by atoms with Crippen LogP contribution in [0.3, 0.4) is 0 Å². The Kier molecular flexibility index (Phi) is 5.41. The van der Waals surface area contributed by atoms with Gasteiger partial charge in [0.15, 0.2) is 0 Å². The molecule has 2 rings (SSSR count). The normalized spacial score (nSPS) is 29.5. The van der Waals surface area contributed by atoms with E-state index in [-0.39, 0.29) is 16.8 Å². The van der Waals surface area contributed by atoms with E-state index in [9.17, 15) is 14.7 Å². The minimum absolute atomic E-state index is 0.0912. The van der Waals surface area contributed by atoms with E-state index in [1.165, 1.54) is 0 Å². The number of carboxylic acid groups (broad SMARTS) is 1. The number of carbonyl (C=O) groups excluding carboxylic acids is 1. The van der Waals surface area contributed by atoms with E-state index >= 15 is 0 Å². The molecule has 0 radical (unpaired) electrons. The highest BCUT2D eigenvalue weighted by molar-refractivity contribution is 8.00. The number of carbonyl (C=O) groups is 2. The van der Waals surface area contributed by atoms with Gasteiger partial charge in [0.1, 0.15) is 0 Å². The van der Waals surface area contributed by atoms with Gasteiger partial charge in [0, 0.05) is 29.6 Å². The van der Waals surface area contributed by atoms with E-state index in [4.69, 9.17) is 0 Å². The standard InChI is InChI=1S/C15H26N2O3S/c1-15(2)7-8-17(9-10-21-15)14(20)16-12-6-4-3-5-11(12)13(18)19/h11-12H,3-10H2,1-2H3,(H,16,20)(H,18,19). The van der Waals surface area contributed by atoms with E-state index in [1.807, 2.05) is 16.7 Å². The van der Waals surface area contributed by atoms with Crippen LogP contribution in [0.4, 0.5) is 4.79 Å². The number of carboxylic acids is 1. The van der Waals surface area contributed by atoms with Crippen LogP contribution in [0.5, 0.6) is 0 Å². The maximum atomic E-state index is 12.4. The molecule has 0 spiro atoms. The first-order valence-corrected chi connectivity index (χ1v) is 8.80. The zero-order valence-electron chi connectivity index (χ0n) is 12.9. The molecule has 2 fully saturated rings. The van der Waals surface area contributed by atoms with Crippen molar-refractivity contribution in [1.82, 2.24) is 10.2 Å². The van der Waals surface area contributed by atoms with E-state index < -0.39 is 11.9 Å². The quantitative estimate of drug-likeness (QED) is 0.822. The van der Waals surface area contributed by atoms with Crippen LogP contribution in [-0.4, -0.2) is 51.6 Å². The molecule has 0 aromatic rings. The molecule has 2 unspecified atom stereocenters. The van der Waals surface area contributed by atoms with Gasteiger partial charge in [-0.2, -0.15) is 11.8 Å². The molecule has 1 saturated carbocycles. The first-order chi connectivity index (χ1) is 9.89. The molecule has 2 N–H and O–H groups in total. The lowest BCUT2D eigenvalue weighted by Gasteiger charge is -2.31. The van der Waals surface area contributed by atoms with Crippen molar-refractivity contribution in [1.29, 1.82) is 0 Å². The van der Waals surface area contributed by atoms with Crippen molar-refractivity contribution in [2.45, 2.75) is 56.7 Å². The second kappa shape index (κ2) is 6.90. The lowest BCUT2D eigenvalue weighted by Crippen LogP contribution is -2.50. The van der Waals surface area contributed by atoms with Crippen LogP contribution in [0.2, 0.25) is 0 Å². The zero-order chi connectivity index (χ0) is 15.5. The van der Waals surface area contributed by atoms with Crippen molar-refractivity contribution in [2.75, 3.05) is 18.8 Å². The highest BCUT2D eigenvalue weighted by Gasteiger charge is 2.33. The van der Waals surface area contributed by atoms with Gasteiger partial charge in [-0.1, -0.05) is 26.7 Å². The molecule has 0 aromatic carbocycles. The summed E-state index contributed by atoms with van der Waals surface area (Å²) in [5.74, 6) is -0.277. The number of rotatable bonds is 2. The maximum Gasteiger partial charge on any atom is 0.317 e. The fourth-order valence-corrected chi connectivity index (χ4v) is 4.17. The van der Waals surface area contributed by atoms with Crippen molar-refractivity contribution in [2.24, 2.45) is 5.92 Å². The van der Waals surface area contributed by atoms with Crippen LogP contribution in [0.1, 0.15) is 46.0 Å². The lowest BCUT2D eigenvalue weighted by molar-refractivity contribution is -0.143. The van der Waals surface area contributed by atoms with Crippen LogP contribution in [0, 0.1) is 5.92 Å². The van der Waals surface area contributed by atoms with Gasteiger partial charge in [0.2, 0.25) is 0 Å². The monoisotopic (exact) mass is 314 g/mol. The van der Waals surface area contributed by atoms with Crippen LogP contribution in [0.15, 0.2) is 0 Å². The summed E-state index contributed by atoms with van der Waals surface area (Å²) >= 11 is 1.90. The number of aliphatic carboxylic acids is 1. The topological polar surface area (TPSA) is 69.6 Å². The molecule has 1 aliphatic carbocycles. The second-order valence-corrected chi connectivity index (χ2v) is 8.43. The summed E-state index contributed by atoms with van der Waals surface area (Å²) in [6.45, 7) is 5.90. The van der Waals surface area contributed by atoms with E-state index in [0.29, 0.717) is 6.42 Å². The maximum absolute atomic E-state index is 12.4. The minimum Gasteiger partial charge on any atom is -0.481 e. The zero-order valence-corrected chi connectivity index (χ0v) is 13.7. The number of hydrogen-bond donors (Lipinski definition) is 2. The van der Waals surface area contributed by atoms with E-state index in [2.05, 4.69) is 19.2 Å². The molecule has 5 nitrogen and oxygen atoms in total. The first-order valence-electron chi connectivity index (χ1n) is 7.81. The Labute approximate surface area is 130 Å². The van der Waals surface area contributed by atoms with Crippen molar-refractivity contribution in [3.63, 3.8) is 0 Å². The average Bonchev–Trinajstić information content (AvgIpc) is 2.60. The van der Waals surface area contributed by atoms with Gasteiger partial charge in [0.25, 0.3) is 0 Å². The minimum atomic E-state index is -0.785. The highest BCUT2D eigenvalue weighted by Crippen LogP contribution is 2.31. The van der Waals surface area contributed by atoms with Gasteiger partial charge in [-0.15, -0.1) is 0 Å². The largest absolute Gasteiger partial charge is 0.481 e. The smallest absolute Gasteiger partial charge is 0.317 e. The third-order valence-electron chi connectivity index (χ3n) is 4.52. The molecule has 0 bridgehead atoms. The fourth-order valence-electron chi connectivity index (χ4n) is 3.07. The molecule has 0 aromatic heterocycles. The first kappa shape index (κ1) is 16.5. The molecular weight excluding hydrogens is 288 g/mol. The Morgan fingerprint density at radius 3 is 2.67 bits per heavy atom. The molecule has 1 heterocycles. The third kappa shape index (κ3) is 4.53. The Hall–Kier alpha value is -0.910. The molecule has 2 atom stereocenters. The molecule has 2 amide bonds. The molecule has 1 saturated heterocycles. The number of thioether (sulfide) groups is 1. The molecule has 6 heteroatoms. The summed E-state index contributed by atoms with van der Waals surface area (Å²) in [5.41, 5.74) is 0. The number of nitrogens with zero attached hydrogens (tertiary/aromatic N) is 1. The van der Waals surface area contributed by atoms with E-state index in [1.54, 1.807) is 0 Å². The SMILES string of the molecule is CC1(C)CCN(C(=O)NC2CCCCC2C(=O)O)CCS1. The van der Waals surface area contributed by atoms with Crippen LogP contribution >= 0.6 is 11.8 Å². The number of hydrogen-bond acceptors (Lipinski definition) is 3. The average molecular weight is 314 g/mol. The Bertz CT molecular complexity index is 400. The summed E-state index contributed by atoms with van der Waals surface area (Å²) in [7, 11) is 0. The predicted molar refractivity (Wildman–Crippen MR) is 84.6 cm³/mol. The van der Waals surface area contributed by atoms with E-state index in [0.717, 1.165) is 44.5 Å². The van der Waals surface area contributed by atoms with Gasteiger partial charge in [-0.3, -0.25) is 4.79 Å².